The van der Waals surface area contributed by atoms with Crippen molar-refractivity contribution >= 4 is 69.8 Å². The fraction of sp³-hybridized carbons (Fsp3) is 0.200. The molecule has 0 aliphatic rings. The molecule has 0 unspecified atom stereocenters. The van der Waals surface area contributed by atoms with Gasteiger partial charge in [-0.3, -0.25) is 0 Å². The van der Waals surface area contributed by atoms with Crippen LogP contribution >= 0.6 is 63.7 Å². The summed E-state index contributed by atoms with van der Waals surface area (Å²) in [6, 6.07) is 0. The molecule has 0 aromatic heterocycles. The first-order valence-electron chi connectivity index (χ1n) is 4.26. The summed E-state index contributed by atoms with van der Waals surface area (Å²) in [4.78, 5) is 0. The lowest BCUT2D eigenvalue weighted by atomic mass is 10.2. The first-order valence-corrected chi connectivity index (χ1v) is 7.43. The Hall–Kier alpha value is 0.640. The Balaban J connectivity index is 3.35. The van der Waals surface area contributed by atoms with Crippen LogP contribution in [0.5, 0.6) is 5.75 Å². The van der Waals surface area contributed by atoms with Gasteiger partial charge in [0.05, 0.1) is 15.6 Å². The zero-order chi connectivity index (χ0) is 12.3. The molecule has 0 bridgehead atoms. The second-order valence-electron chi connectivity index (χ2n) is 2.77. The summed E-state index contributed by atoms with van der Waals surface area (Å²) in [5.74, 6) is 0.637. The van der Waals surface area contributed by atoms with Crippen molar-refractivity contribution in [2.75, 3.05) is 13.2 Å². The van der Waals surface area contributed by atoms with Gasteiger partial charge in [0.25, 0.3) is 0 Å². The lowest BCUT2D eigenvalue weighted by Crippen LogP contribution is -2.03. The average molecular weight is 480 g/mol. The van der Waals surface area contributed by atoms with Gasteiger partial charge in [-0.2, -0.15) is 0 Å². The number of halogens is 4. The number of hydrogen-bond acceptors (Lipinski definition) is 2. The van der Waals surface area contributed by atoms with Crippen LogP contribution < -0.4 is 4.74 Å². The molecule has 2 nitrogen and oxygen atoms in total. The SMILES string of the molecule is C=Cc1c(Br)c(Br)c(OCCO)c(Br)c1Br. The smallest absolute Gasteiger partial charge is 0.150 e. The molecular weight excluding hydrogens is 472 g/mol. The number of aliphatic hydroxyl groups is 1. The van der Waals surface area contributed by atoms with E-state index in [1.807, 2.05) is 0 Å². The standard InChI is InChI=1S/C10H8Br4O2/c1-2-5-6(11)8(13)10(16-4-3-15)9(14)7(5)12/h2,15H,1,3-4H2. The van der Waals surface area contributed by atoms with Crippen LogP contribution in [0.2, 0.25) is 0 Å². The lowest BCUT2D eigenvalue weighted by molar-refractivity contribution is 0.199. The molecule has 0 radical (unpaired) electrons. The van der Waals surface area contributed by atoms with E-state index in [1.54, 1.807) is 6.08 Å². The fourth-order valence-electron chi connectivity index (χ4n) is 1.08. The van der Waals surface area contributed by atoms with E-state index in [1.165, 1.54) is 0 Å². The number of benzene rings is 1. The Kier molecular flexibility index (Phi) is 6.01. The molecule has 0 saturated carbocycles. The number of hydrogen-bond donors (Lipinski definition) is 1. The van der Waals surface area contributed by atoms with Gasteiger partial charge in [0.1, 0.15) is 12.4 Å². The van der Waals surface area contributed by atoms with Crippen LogP contribution in [0.3, 0.4) is 0 Å². The molecule has 0 heterocycles. The van der Waals surface area contributed by atoms with Crippen molar-refractivity contribution in [1.29, 1.82) is 0 Å². The van der Waals surface area contributed by atoms with Crippen molar-refractivity contribution in [3.05, 3.63) is 30.0 Å². The van der Waals surface area contributed by atoms with E-state index in [0.29, 0.717) is 5.75 Å². The maximum Gasteiger partial charge on any atom is 0.150 e. The maximum absolute atomic E-state index is 8.75. The molecule has 88 valence electrons. The van der Waals surface area contributed by atoms with Crippen molar-refractivity contribution < 1.29 is 9.84 Å². The summed E-state index contributed by atoms with van der Waals surface area (Å²) >= 11 is 13.8. The molecule has 16 heavy (non-hydrogen) atoms. The highest BCUT2D eigenvalue weighted by atomic mass is 79.9. The van der Waals surface area contributed by atoms with Crippen LogP contribution in [0, 0.1) is 0 Å². The minimum atomic E-state index is -0.0304. The summed E-state index contributed by atoms with van der Waals surface area (Å²) in [5, 5.41) is 8.75. The van der Waals surface area contributed by atoms with Crippen molar-refractivity contribution in [2.45, 2.75) is 0 Å². The van der Waals surface area contributed by atoms with Crippen molar-refractivity contribution in [2.24, 2.45) is 0 Å². The largest absolute Gasteiger partial charge is 0.489 e. The lowest BCUT2D eigenvalue weighted by Gasteiger charge is -2.14. The number of aliphatic hydroxyl groups excluding tert-OH is 1. The molecule has 0 saturated heterocycles. The fourth-order valence-corrected chi connectivity index (χ4v) is 3.75. The Morgan fingerprint density at radius 1 is 1.06 bits per heavy atom. The summed E-state index contributed by atoms with van der Waals surface area (Å²) in [5.41, 5.74) is 0.926. The van der Waals surface area contributed by atoms with Gasteiger partial charge in [-0.05, 0) is 63.7 Å². The molecule has 0 aliphatic carbocycles. The van der Waals surface area contributed by atoms with Crippen LogP contribution in [0.4, 0.5) is 0 Å². The van der Waals surface area contributed by atoms with Crippen molar-refractivity contribution in [3.63, 3.8) is 0 Å². The molecule has 0 amide bonds. The summed E-state index contributed by atoms with van der Waals surface area (Å²) < 4.78 is 8.71. The Bertz CT molecular complexity index is 389. The molecule has 1 N–H and O–H groups in total. The third kappa shape index (κ3) is 2.90. The normalized spacial score (nSPS) is 10.3. The summed E-state index contributed by atoms with van der Waals surface area (Å²) in [6.45, 7) is 3.95. The monoisotopic (exact) mass is 476 g/mol. The van der Waals surface area contributed by atoms with E-state index in [0.717, 1.165) is 23.5 Å². The van der Waals surface area contributed by atoms with Crippen LogP contribution in [0.15, 0.2) is 24.5 Å². The van der Waals surface area contributed by atoms with Gasteiger partial charge in [0.2, 0.25) is 0 Å². The maximum atomic E-state index is 8.75. The van der Waals surface area contributed by atoms with E-state index in [2.05, 4.69) is 70.3 Å². The molecule has 0 aliphatic heterocycles. The molecular formula is C10H8Br4O2. The minimum Gasteiger partial charge on any atom is -0.489 e. The molecule has 1 rings (SSSR count). The number of rotatable bonds is 4. The summed E-state index contributed by atoms with van der Waals surface area (Å²) in [6.07, 6.45) is 1.74. The molecule has 1 aromatic carbocycles. The zero-order valence-electron chi connectivity index (χ0n) is 8.07. The van der Waals surface area contributed by atoms with Crippen LogP contribution in [-0.4, -0.2) is 18.3 Å². The summed E-state index contributed by atoms with van der Waals surface area (Å²) in [7, 11) is 0. The van der Waals surface area contributed by atoms with Gasteiger partial charge < -0.3 is 9.84 Å². The third-order valence-corrected chi connectivity index (χ3v) is 6.02. The highest BCUT2D eigenvalue weighted by Crippen LogP contribution is 2.46. The third-order valence-electron chi connectivity index (χ3n) is 1.80. The quantitative estimate of drug-likeness (QED) is 0.632. The Morgan fingerprint density at radius 3 is 1.94 bits per heavy atom. The van der Waals surface area contributed by atoms with Gasteiger partial charge in [-0.25, -0.2) is 0 Å². The predicted molar refractivity (Wildman–Crippen MR) is 79.9 cm³/mol. The van der Waals surface area contributed by atoms with Crippen LogP contribution in [0.1, 0.15) is 5.56 Å². The zero-order valence-corrected chi connectivity index (χ0v) is 14.4. The molecule has 1 aromatic rings. The van der Waals surface area contributed by atoms with Crippen LogP contribution in [0.25, 0.3) is 6.08 Å². The van der Waals surface area contributed by atoms with Gasteiger partial charge in [-0.1, -0.05) is 12.7 Å². The second kappa shape index (κ2) is 6.54. The topological polar surface area (TPSA) is 29.5 Å². The van der Waals surface area contributed by atoms with E-state index in [-0.39, 0.29) is 13.2 Å². The second-order valence-corrected chi connectivity index (χ2v) is 5.95. The van der Waals surface area contributed by atoms with E-state index < -0.39 is 0 Å². The van der Waals surface area contributed by atoms with Crippen molar-refractivity contribution in [3.8, 4) is 5.75 Å². The number of ether oxygens (including phenoxy) is 1. The first-order chi connectivity index (χ1) is 7.54. The molecule has 0 spiro atoms. The highest BCUT2D eigenvalue weighted by molar-refractivity contribution is 9.14. The van der Waals surface area contributed by atoms with E-state index >= 15 is 0 Å². The minimum absolute atomic E-state index is 0.0304. The van der Waals surface area contributed by atoms with Gasteiger partial charge in [0.15, 0.2) is 0 Å². The van der Waals surface area contributed by atoms with Gasteiger partial charge >= 0.3 is 0 Å². The first kappa shape index (κ1) is 14.7. The molecule has 0 fully saturated rings. The Morgan fingerprint density at radius 2 is 1.56 bits per heavy atom. The van der Waals surface area contributed by atoms with Crippen LogP contribution in [-0.2, 0) is 0 Å². The van der Waals surface area contributed by atoms with Gasteiger partial charge in [-0.15, -0.1) is 0 Å². The Labute approximate surface area is 128 Å². The highest BCUT2D eigenvalue weighted by Gasteiger charge is 2.18. The van der Waals surface area contributed by atoms with E-state index in [4.69, 9.17) is 9.84 Å². The molecule has 6 heteroatoms. The predicted octanol–water partition coefficient (Wildman–Crippen LogP) is 4.75. The van der Waals surface area contributed by atoms with Gasteiger partial charge in [0, 0.05) is 14.5 Å². The van der Waals surface area contributed by atoms with E-state index in [9.17, 15) is 0 Å². The molecule has 0 atom stereocenters. The average Bonchev–Trinajstić information content (AvgIpc) is 2.27. The van der Waals surface area contributed by atoms with Crippen molar-refractivity contribution in [1.82, 2.24) is 0 Å².